The van der Waals surface area contributed by atoms with Gasteiger partial charge in [-0.15, -0.1) is 0 Å². The summed E-state index contributed by atoms with van der Waals surface area (Å²) in [5.74, 6) is -0.278. The van der Waals surface area contributed by atoms with Crippen LogP contribution in [0.2, 0.25) is 0 Å². The van der Waals surface area contributed by atoms with E-state index >= 15 is 0 Å². The number of esters is 1. The fraction of sp³-hybridized carbons (Fsp3) is 0.682. The van der Waals surface area contributed by atoms with Crippen molar-refractivity contribution in [3.63, 3.8) is 0 Å². The Morgan fingerprint density at radius 2 is 1.81 bits per heavy atom. The van der Waals surface area contributed by atoms with E-state index < -0.39 is 11.5 Å². The summed E-state index contributed by atoms with van der Waals surface area (Å²) in [7, 11) is 2.18. The lowest BCUT2D eigenvalue weighted by atomic mass is 9.70. The first-order valence-electron chi connectivity index (χ1n) is 10.1. The van der Waals surface area contributed by atoms with Crippen molar-refractivity contribution in [3.8, 4) is 0 Å². The van der Waals surface area contributed by atoms with Crippen LogP contribution in [0.25, 0.3) is 0 Å². The molecule has 2 rings (SSSR count). The van der Waals surface area contributed by atoms with Gasteiger partial charge in [-0.25, -0.2) is 0 Å². The van der Waals surface area contributed by atoms with Crippen LogP contribution in [0.1, 0.15) is 57.9 Å². The molecule has 146 valence electrons. The number of hydrogen-bond donors (Lipinski definition) is 1. The van der Waals surface area contributed by atoms with Crippen LogP contribution in [0.4, 0.5) is 0 Å². The van der Waals surface area contributed by atoms with Crippen molar-refractivity contribution < 1.29 is 19.1 Å². The van der Waals surface area contributed by atoms with Crippen LogP contribution in [0.3, 0.4) is 0 Å². The molecule has 1 fully saturated rings. The third-order valence-electron chi connectivity index (χ3n) is 6.45. The Morgan fingerprint density at radius 3 is 2.35 bits per heavy atom. The van der Waals surface area contributed by atoms with Crippen LogP contribution in [0.15, 0.2) is 30.3 Å². The molecule has 0 heterocycles. The summed E-state index contributed by atoms with van der Waals surface area (Å²) in [4.78, 5) is 13.0. The third kappa shape index (κ3) is 5.08. The summed E-state index contributed by atoms with van der Waals surface area (Å²) < 4.78 is 6.57. The molecule has 0 aromatic heterocycles. The second kappa shape index (κ2) is 9.01. The maximum Gasteiger partial charge on any atom is 0.316 e. The first-order valence-corrected chi connectivity index (χ1v) is 10.1. The molecule has 0 spiro atoms. The van der Waals surface area contributed by atoms with Crippen molar-refractivity contribution >= 4 is 5.97 Å². The van der Waals surface area contributed by atoms with E-state index in [1.165, 1.54) is 0 Å². The van der Waals surface area contributed by atoms with E-state index in [1.807, 2.05) is 30.3 Å². The molecular formula is C22H36NO3+. The van der Waals surface area contributed by atoms with Gasteiger partial charge in [-0.05, 0) is 51.0 Å². The molecule has 0 amide bonds. The molecule has 1 aromatic carbocycles. The molecule has 1 N–H and O–H groups in total. The summed E-state index contributed by atoms with van der Waals surface area (Å²) in [6, 6.07) is 9.64. The lowest BCUT2D eigenvalue weighted by Gasteiger charge is -2.40. The molecule has 4 nitrogen and oxygen atoms in total. The Morgan fingerprint density at radius 1 is 1.23 bits per heavy atom. The molecular weight excluding hydrogens is 326 g/mol. The Kier molecular flexibility index (Phi) is 7.24. The van der Waals surface area contributed by atoms with Gasteiger partial charge < -0.3 is 14.3 Å². The first kappa shape index (κ1) is 20.9. The van der Waals surface area contributed by atoms with Gasteiger partial charge in [-0.2, -0.15) is 0 Å². The second-order valence-corrected chi connectivity index (χ2v) is 8.27. The Bertz CT molecular complexity index is 560. The van der Waals surface area contributed by atoms with E-state index in [0.29, 0.717) is 25.4 Å². The van der Waals surface area contributed by atoms with E-state index in [0.717, 1.165) is 42.5 Å². The number of likely N-dealkylation sites (N-methyl/N-ethyl adjacent to an activating group) is 1. The van der Waals surface area contributed by atoms with E-state index in [-0.39, 0.29) is 5.97 Å². The van der Waals surface area contributed by atoms with Crippen molar-refractivity contribution in [1.82, 2.24) is 0 Å². The highest BCUT2D eigenvalue weighted by Gasteiger charge is 2.45. The SMILES string of the molecule is CC[N+](C)(CC)CCOC(=O)[C@H](c1ccccc1)C1(O)CCC(C)CC1. The van der Waals surface area contributed by atoms with Crippen molar-refractivity contribution in [2.75, 3.05) is 33.3 Å². The molecule has 1 aliphatic carbocycles. The minimum absolute atomic E-state index is 0.285. The lowest BCUT2D eigenvalue weighted by Crippen LogP contribution is -2.47. The van der Waals surface area contributed by atoms with Gasteiger partial charge in [0, 0.05) is 0 Å². The average molecular weight is 363 g/mol. The maximum atomic E-state index is 13.0. The van der Waals surface area contributed by atoms with Gasteiger partial charge in [-0.1, -0.05) is 37.3 Å². The van der Waals surface area contributed by atoms with Crippen LogP contribution < -0.4 is 0 Å². The molecule has 0 radical (unpaired) electrons. The average Bonchev–Trinajstić information content (AvgIpc) is 2.65. The number of quaternary nitrogens is 1. The maximum absolute atomic E-state index is 13.0. The number of carbonyl (C=O) groups is 1. The van der Waals surface area contributed by atoms with E-state index in [2.05, 4.69) is 27.8 Å². The van der Waals surface area contributed by atoms with Gasteiger partial charge >= 0.3 is 5.97 Å². The number of rotatable bonds is 8. The molecule has 1 aromatic rings. The molecule has 0 saturated heterocycles. The van der Waals surface area contributed by atoms with Gasteiger partial charge in [0.2, 0.25) is 0 Å². The zero-order valence-electron chi connectivity index (χ0n) is 16.9. The van der Waals surface area contributed by atoms with Gasteiger partial charge in [0.1, 0.15) is 19.1 Å². The molecule has 26 heavy (non-hydrogen) atoms. The minimum Gasteiger partial charge on any atom is -0.459 e. The van der Waals surface area contributed by atoms with Crippen molar-refractivity contribution in [1.29, 1.82) is 0 Å². The Hall–Kier alpha value is -1.39. The number of hydrogen-bond acceptors (Lipinski definition) is 3. The standard InChI is InChI=1S/C22H36NO3/c1-5-23(4,6-2)16-17-26-21(24)20(19-10-8-7-9-11-19)22(25)14-12-18(3)13-15-22/h7-11,18,20,25H,5-6,12-17H2,1-4H3/q+1/t18?,20-,22?/m0/s1. The smallest absolute Gasteiger partial charge is 0.316 e. The van der Waals surface area contributed by atoms with E-state index in [4.69, 9.17) is 4.74 Å². The number of ether oxygens (including phenoxy) is 1. The van der Waals surface area contributed by atoms with Gasteiger partial charge in [0.15, 0.2) is 0 Å². The predicted molar refractivity (Wildman–Crippen MR) is 105 cm³/mol. The highest BCUT2D eigenvalue weighted by Crippen LogP contribution is 2.42. The zero-order chi connectivity index (χ0) is 19.2. The minimum atomic E-state index is -1.00. The first-order chi connectivity index (χ1) is 12.3. The van der Waals surface area contributed by atoms with E-state index in [9.17, 15) is 9.90 Å². The lowest BCUT2D eigenvalue weighted by molar-refractivity contribution is -0.906. The molecule has 0 bridgehead atoms. The zero-order valence-corrected chi connectivity index (χ0v) is 16.9. The molecule has 1 saturated carbocycles. The Balaban J connectivity index is 2.13. The largest absolute Gasteiger partial charge is 0.459 e. The quantitative estimate of drug-likeness (QED) is 0.566. The normalized spacial score (nSPS) is 24.9. The second-order valence-electron chi connectivity index (χ2n) is 8.27. The Labute approximate surface area is 158 Å². The van der Waals surface area contributed by atoms with Gasteiger partial charge in [0.25, 0.3) is 0 Å². The van der Waals surface area contributed by atoms with Crippen molar-refractivity contribution in [2.45, 2.75) is 58.0 Å². The number of aliphatic hydroxyl groups is 1. The molecule has 4 heteroatoms. The molecule has 0 aliphatic heterocycles. The van der Waals surface area contributed by atoms with Crippen LogP contribution in [-0.2, 0) is 9.53 Å². The summed E-state index contributed by atoms with van der Waals surface area (Å²) in [5, 5.41) is 11.3. The van der Waals surface area contributed by atoms with Crippen LogP contribution in [-0.4, -0.2) is 54.4 Å². The fourth-order valence-corrected chi connectivity index (χ4v) is 3.85. The molecule has 1 aliphatic rings. The highest BCUT2D eigenvalue weighted by molar-refractivity contribution is 5.80. The van der Waals surface area contributed by atoms with Gasteiger partial charge in [-0.3, -0.25) is 4.79 Å². The topological polar surface area (TPSA) is 46.5 Å². The fourth-order valence-electron chi connectivity index (χ4n) is 3.85. The van der Waals surface area contributed by atoms with Gasteiger partial charge in [0.05, 0.1) is 25.7 Å². The van der Waals surface area contributed by atoms with Crippen LogP contribution >= 0.6 is 0 Å². The summed E-state index contributed by atoms with van der Waals surface area (Å²) in [6.07, 6.45) is 3.21. The summed E-state index contributed by atoms with van der Waals surface area (Å²) >= 11 is 0. The highest BCUT2D eigenvalue weighted by atomic mass is 16.5. The van der Waals surface area contributed by atoms with E-state index in [1.54, 1.807) is 0 Å². The number of nitrogens with zero attached hydrogens (tertiary/aromatic N) is 1. The monoisotopic (exact) mass is 362 g/mol. The number of carbonyl (C=O) groups excluding carboxylic acids is 1. The third-order valence-corrected chi connectivity index (χ3v) is 6.45. The molecule has 1 atom stereocenters. The van der Waals surface area contributed by atoms with Crippen molar-refractivity contribution in [2.24, 2.45) is 5.92 Å². The van der Waals surface area contributed by atoms with Crippen LogP contribution in [0.5, 0.6) is 0 Å². The number of benzene rings is 1. The summed E-state index contributed by atoms with van der Waals surface area (Å²) in [5.41, 5.74) is -0.142. The molecule has 0 unspecified atom stereocenters. The predicted octanol–water partition coefficient (Wildman–Crippen LogP) is 3.74. The summed E-state index contributed by atoms with van der Waals surface area (Å²) in [6.45, 7) is 9.75. The van der Waals surface area contributed by atoms with Crippen LogP contribution in [0, 0.1) is 5.92 Å². The van der Waals surface area contributed by atoms with Crippen molar-refractivity contribution in [3.05, 3.63) is 35.9 Å².